The quantitative estimate of drug-likeness (QED) is 0.816. The first-order chi connectivity index (χ1) is 10.2. The van der Waals surface area contributed by atoms with Crippen molar-refractivity contribution < 1.29 is 4.74 Å². The number of benzene rings is 1. The maximum atomic E-state index is 8.94. The van der Waals surface area contributed by atoms with E-state index in [2.05, 4.69) is 37.3 Å². The average Bonchev–Trinajstić information content (AvgIpc) is 2.94. The van der Waals surface area contributed by atoms with Gasteiger partial charge in [0.05, 0.1) is 30.5 Å². The molecule has 1 fully saturated rings. The number of hydrogen-bond donors (Lipinski definition) is 0. The van der Waals surface area contributed by atoms with Gasteiger partial charge in [-0.3, -0.25) is 0 Å². The molecule has 1 saturated heterocycles. The number of nitriles is 1. The second-order valence-electron chi connectivity index (χ2n) is 4.91. The Balaban J connectivity index is 1.81. The number of anilines is 1. The molecule has 1 aliphatic rings. The van der Waals surface area contributed by atoms with E-state index in [9.17, 15) is 0 Å². The maximum Gasteiger partial charge on any atom is 0.126 e. The summed E-state index contributed by atoms with van der Waals surface area (Å²) in [6.45, 7) is 4.29. The van der Waals surface area contributed by atoms with E-state index in [-0.39, 0.29) is 6.10 Å². The van der Waals surface area contributed by atoms with Crippen molar-refractivity contribution in [3.8, 4) is 6.07 Å². The minimum Gasteiger partial charge on any atom is -0.367 e. The zero-order valence-corrected chi connectivity index (χ0v) is 13.9. The summed E-state index contributed by atoms with van der Waals surface area (Å²) in [6.07, 6.45) is 0.0139. The predicted octanol–water partition coefficient (Wildman–Crippen LogP) is 3.66. The Morgan fingerprint density at radius 3 is 3.05 bits per heavy atom. The lowest BCUT2D eigenvalue weighted by atomic mass is 10.2. The number of hydrogen-bond acceptors (Lipinski definition) is 5. The van der Waals surface area contributed by atoms with Crippen LogP contribution < -0.4 is 4.90 Å². The molecule has 0 spiro atoms. The van der Waals surface area contributed by atoms with Crippen molar-refractivity contribution in [2.24, 2.45) is 0 Å². The van der Waals surface area contributed by atoms with E-state index < -0.39 is 0 Å². The van der Waals surface area contributed by atoms with Gasteiger partial charge in [0.2, 0.25) is 0 Å². The molecule has 0 amide bonds. The molecule has 0 radical (unpaired) electrons. The molecular weight excluding hydrogens is 350 g/mol. The third kappa shape index (κ3) is 3.10. The summed E-state index contributed by atoms with van der Waals surface area (Å²) in [5, 5.41) is 12.0. The third-order valence-corrected chi connectivity index (χ3v) is 5.09. The Bertz CT molecular complexity index is 694. The minimum atomic E-state index is 0.0139. The first kappa shape index (κ1) is 14.5. The molecule has 21 heavy (non-hydrogen) atoms. The Labute approximate surface area is 136 Å². The van der Waals surface area contributed by atoms with Gasteiger partial charge in [-0.15, -0.1) is 11.3 Å². The minimum absolute atomic E-state index is 0.0139. The molecule has 2 heterocycles. The normalized spacial score (nSPS) is 18.5. The second-order valence-corrected chi connectivity index (χ2v) is 6.65. The highest BCUT2D eigenvalue weighted by Gasteiger charge is 2.25. The molecule has 1 aromatic carbocycles. The van der Waals surface area contributed by atoms with Crippen LogP contribution in [0.3, 0.4) is 0 Å². The van der Waals surface area contributed by atoms with Crippen molar-refractivity contribution in [3.05, 3.63) is 44.3 Å². The first-order valence-electron chi connectivity index (χ1n) is 6.65. The monoisotopic (exact) mass is 363 g/mol. The SMILES string of the molecule is Cc1csc([C@H]2CN(c3ccc(C#N)cc3Br)CCO2)n1. The predicted molar refractivity (Wildman–Crippen MR) is 86.6 cm³/mol. The molecule has 0 saturated carbocycles. The third-order valence-electron chi connectivity index (χ3n) is 3.40. The molecule has 1 atom stereocenters. The van der Waals surface area contributed by atoms with Crippen molar-refractivity contribution >= 4 is 33.0 Å². The highest BCUT2D eigenvalue weighted by molar-refractivity contribution is 9.10. The van der Waals surface area contributed by atoms with Crippen LogP contribution in [0.25, 0.3) is 0 Å². The van der Waals surface area contributed by atoms with E-state index in [4.69, 9.17) is 10.00 Å². The van der Waals surface area contributed by atoms with Crippen LogP contribution in [0.4, 0.5) is 5.69 Å². The van der Waals surface area contributed by atoms with Crippen LogP contribution in [-0.4, -0.2) is 24.7 Å². The van der Waals surface area contributed by atoms with E-state index in [1.165, 1.54) is 0 Å². The lowest BCUT2D eigenvalue weighted by molar-refractivity contribution is 0.0395. The van der Waals surface area contributed by atoms with Gasteiger partial charge in [0.1, 0.15) is 11.1 Å². The van der Waals surface area contributed by atoms with Gasteiger partial charge in [-0.25, -0.2) is 4.98 Å². The average molecular weight is 364 g/mol. The van der Waals surface area contributed by atoms with E-state index >= 15 is 0 Å². The molecule has 4 nitrogen and oxygen atoms in total. The Hall–Kier alpha value is -1.42. The fourth-order valence-electron chi connectivity index (χ4n) is 2.37. The summed E-state index contributed by atoms with van der Waals surface area (Å²) in [6, 6.07) is 7.84. The number of ether oxygens (including phenoxy) is 1. The zero-order valence-electron chi connectivity index (χ0n) is 11.5. The van der Waals surface area contributed by atoms with E-state index in [0.717, 1.165) is 34.0 Å². The molecule has 3 rings (SSSR count). The fraction of sp³-hybridized carbons (Fsp3) is 0.333. The number of halogens is 1. The molecular formula is C15H14BrN3OS. The summed E-state index contributed by atoms with van der Waals surface area (Å²) >= 11 is 5.20. The van der Waals surface area contributed by atoms with Crippen molar-refractivity contribution in [2.45, 2.75) is 13.0 Å². The first-order valence-corrected chi connectivity index (χ1v) is 8.33. The van der Waals surface area contributed by atoms with Gasteiger partial charge in [-0.2, -0.15) is 5.26 Å². The van der Waals surface area contributed by atoms with Crippen LogP contribution in [-0.2, 0) is 4.74 Å². The standard InChI is InChI=1S/C15H14BrN3OS/c1-10-9-21-15(18-10)14-8-19(4-5-20-14)13-3-2-11(7-17)6-12(13)16/h2-3,6,9,14H,4-5,8H2,1H3/t14-/m1/s1. The Morgan fingerprint density at radius 2 is 2.38 bits per heavy atom. The van der Waals surface area contributed by atoms with Gasteiger partial charge in [-0.1, -0.05) is 0 Å². The summed E-state index contributed by atoms with van der Waals surface area (Å²) in [5.74, 6) is 0. The van der Waals surface area contributed by atoms with Gasteiger partial charge in [0.25, 0.3) is 0 Å². The molecule has 0 unspecified atom stereocenters. The smallest absolute Gasteiger partial charge is 0.126 e. The fourth-order valence-corrected chi connectivity index (χ4v) is 3.84. The lowest BCUT2D eigenvalue weighted by Gasteiger charge is -2.34. The summed E-state index contributed by atoms with van der Waals surface area (Å²) in [4.78, 5) is 6.80. The van der Waals surface area contributed by atoms with Crippen molar-refractivity contribution in [1.29, 1.82) is 5.26 Å². The highest BCUT2D eigenvalue weighted by atomic mass is 79.9. The summed E-state index contributed by atoms with van der Waals surface area (Å²) < 4.78 is 6.79. The van der Waals surface area contributed by atoms with Crippen LogP contribution >= 0.6 is 27.3 Å². The highest BCUT2D eigenvalue weighted by Crippen LogP contribution is 2.32. The van der Waals surface area contributed by atoms with Crippen LogP contribution in [0.15, 0.2) is 28.1 Å². The summed E-state index contributed by atoms with van der Waals surface area (Å²) in [5.41, 5.74) is 2.79. The Morgan fingerprint density at radius 1 is 1.52 bits per heavy atom. The van der Waals surface area contributed by atoms with Gasteiger partial charge in [0.15, 0.2) is 0 Å². The largest absolute Gasteiger partial charge is 0.367 e. The van der Waals surface area contributed by atoms with E-state index in [1.807, 2.05) is 25.1 Å². The molecule has 0 bridgehead atoms. The number of thiazole rings is 1. The van der Waals surface area contributed by atoms with Gasteiger partial charge >= 0.3 is 0 Å². The van der Waals surface area contributed by atoms with Crippen LogP contribution in [0.1, 0.15) is 22.4 Å². The van der Waals surface area contributed by atoms with E-state index in [0.29, 0.717) is 12.2 Å². The van der Waals surface area contributed by atoms with E-state index in [1.54, 1.807) is 11.3 Å². The topological polar surface area (TPSA) is 49.2 Å². The van der Waals surface area contributed by atoms with Crippen molar-refractivity contribution in [1.82, 2.24) is 4.98 Å². The number of aryl methyl sites for hydroxylation is 1. The zero-order chi connectivity index (χ0) is 14.8. The summed E-state index contributed by atoms with van der Waals surface area (Å²) in [7, 11) is 0. The van der Waals surface area contributed by atoms with Crippen molar-refractivity contribution in [2.75, 3.05) is 24.6 Å². The second kappa shape index (κ2) is 6.14. The number of nitrogens with zero attached hydrogens (tertiary/aromatic N) is 3. The molecule has 2 aromatic rings. The maximum absolute atomic E-state index is 8.94. The van der Waals surface area contributed by atoms with Gasteiger partial charge in [0, 0.05) is 22.1 Å². The number of morpholine rings is 1. The molecule has 0 aliphatic carbocycles. The number of rotatable bonds is 2. The molecule has 108 valence electrons. The van der Waals surface area contributed by atoms with Gasteiger partial charge in [-0.05, 0) is 41.1 Å². The molecule has 1 aromatic heterocycles. The van der Waals surface area contributed by atoms with Crippen LogP contribution in [0, 0.1) is 18.3 Å². The number of aromatic nitrogens is 1. The Kier molecular flexibility index (Phi) is 4.24. The molecule has 1 aliphatic heterocycles. The lowest BCUT2D eigenvalue weighted by Crippen LogP contribution is -2.38. The van der Waals surface area contributed by atoms with Crippen LogP contribution in [0.2, 0.25) is 0 Å². The van der Waals surface area contributed by atoms with Crippen molar-refractivity contribution in [3.63, 3.8) is 0 Å². The van der Waals surface area contributed by atoms with Crippen LogP contribution in [0.5, 0.6) is 0 Å². The van der Waals surface area contributed by atoms with Gasteiger partial charge < -0.3 is 9.64 Å². The molecule has 0 N–H and O–H groups in total. The molecule has 6 heteroatoms.